The topological polar surface area (TPSA) is 98.5 Å². The van der Waals surface area contributed by atoms with E-state index in [1.54, 1.807) is 6.08 Å². The summed E-state index contributed by atoms with van der Waals surface area (Å²) < 4.78 is 4.85. The van der Waals surface area contributed by atoms with Crippen molar-refractivity contribution < 1.29 is 19.1 Å². The minimum atomic E-state index is -0.613. The standard InChI is InChI=1S/C18H16N2O4/c19-18(23)14-7-9-15(10-8-14)20-16(21)12-24-17(22)11-6-13-4-2-1-3-5-13/h1-11H,12H2,(H2,19,23)(H,20,21)/b11-6+. The lowest BCUT2D eigenvalue weighted by molar-refractivity contribution is -0.142. The first-order valence-corrected chi connectivity index (χ1v) is 7.14. The maximum Gasteiger partial charge on any atom is 0.331 e. The van der Waals surface area contributed by atoms with Crippen molar-refractivity contribution >= 4 is 29.5 Å². The lowest BCUT2D eigenvalue weighted by Gasteiger charge is -2.05. The number of hydrogen-bond acceptors (Lipinski definition) is 4. The number of hydrogen-bond donors (Lipinski definition) is 2. The zero-order valence-electron chi connectivity index (χ0n) is 12.8. The normalized spacial score (nSPS) is 10.3. The second-order valence-corrected chi connectivity index (χ2v) is 4.84. The van der Waals surface area contributed by atoms with E-state index in [4.69, 9.17) is 10.5 Å². The monoisotopic (exact) mass is 324 g/mol. The molecule has 0 aromatic heterocycles. The van der Waals surface area contributed by atoms with Gasteiger partial charge in [0.2, 0.25) is 5.91 Å². The largest absolute Gasteiger partial charge is 0.452 e. The first-order valence-electron chi connectivity index (χ1n) is 7.14. The number of nitrogens with two attached hydrogens (primary N) is 1. The minimum absolute atomic E-state index is 0.338. The van der Waals surface area contributed by atoms with Crippen molar-refractivity contribution in [3.05, 3.63) is 71.8 Å². The maximum absolute atomic E-state index is 11.7. The first kappa shape index (κ1) is 17.0. The van der Waals surface area contributed by atoms with Crippen molar-refractivity contribution in [3.63, 3.8) is 0 Å². The molecule has 0 saturated carbocycles. The molecule has 2 amide bonds. The zero-order chi connectivity index (χ0) is 17.4. The molecule has 0 aliphatic carbocycles. The van der Waals surface area contributed by atoms with E-state index in [1.165, 1.54) is 30.3 Å². The van der Waals surface area contributed by atoms with Crippen molar-refractivity contribution in [2.75, 3.05) is 11.9 Å². The molecule has 0 atom stereocenters. The van der Waals surface area contributed by atoms with Gasteiger partial charge in [-0.25, -0.2) is 4.79 Å². The number of carbonyl (C=O) groups excluding carboxylic acids is 3. The molecule has 2 rings (SSSR count). The Kier molecular flexibility index (Phi) is 5.85. The number of ether oxygens (including phenoxy) is 1. The molecule has 6 heteroatoms. The quantitative estimate of drug-likeness (QED) is 0.627. The van der Waals surface area contributed by atoms with Gasteiger partial charge >= 0.3 is 5.97 Å². The molecule has 3 N–H and O–H groups in total. The molecule has 0 bridgehead atoms. The lowest BCUT2D eigenvalue weighted by atomic mass is 10.2. The molecule has 0 unspecified atom stereocenters. The summed E-state index contributed by atoms with van der Waals surface area (Å²) in [7, 11) is 0. The van der Waals surface area contributed by atoms with Crippen LogP contribution < -0.4 is 11.1 Å². The summed E-state index contributed by atoms with van der Waals surface area (Å²) in [5.74, 6) is -1.65. The van der Waals surface area contributed by atoms with Gasteiger partial charge < -0.3 is 15.8 Å². The fourth-order valence-electron chi connectivity index (χ4n) is 1.83. The van der Waals surface area contributed by atoms with Gasteiger partial charge in [0.05, 0.1) is 0 Å². The van der Waals surface area contributed by atoms with Crippen molar-refractivity contribution in [2.24, 2.45) is 5.73 Å². The van der Waals surface area contributed by atoms with E-state index >= 15 is 0 Å². The van der Waals surface area contributed by atoms with Gasteiger partial charge in [-0.1, -0.05) is 30.3 Å². The highest BCUT2D eigenvalue weighted by molar-refractivity contribution is 5.96. The Bertz CT molecular complexity index is 752. The summed E-state index contributed by atoms with van der Waals surface area (Å²) in [6, 6.07) is 15.3. The molecule has 0 saturated heterocycles. The van der Waals surface area contributed by atoms with Gasteiger partial charge in [0.25, 0.3) is 5.91 Å². The molecule has 0 spiro atoms. The molecule has 2 aromatic carbocycles. The number of carbonyl (C=O) groups is 3. The fourth-order valence-corrected chi connectivity index (χ4v) is 1.83. The van der Waals surface area contributed by atoms with Crippen LogP contribution in [0.3, 0.4) is 0 Å². The van der Waals surface area contributed by atoms with Crippen LogP contribution in [0.5, 0.6) is 0 Å². The molecular weight excluding hydrogens is 308 g/mol. The van der Waals surface area contributed by atoms with Gasteiger partial charge in [-0.3, -0.25) is 9.59 Å². The Morgan fingerprint density at radius 1 is 1.00 bits per heavy atom. The Labute approximate surface area is 138 Å². The Morgan fingerprint density at radius 2 is 1.67 bits per heavy atom. The minimum Gasteiger partial charge on any atom is -0.452 e. The van der Waals surface area contributed by atoms with E-state index in [0.29, 0.717) is 11.3 Å². The number of anilines is 1. The third-order valence-corrected chi connectivity index (χ3v) is 3.01. The van der Waals surface area contributed by atoms with Gasteiger partial charge in [0.15, 0.2) is 6.61 Å². The van der Waals surface area contributed by atoms with Crippen molar-refractivity contribution in [1.29, 1.82) is 0 Å². The lowest BCUT2D eigenvalue weighted by Crippen LogP contribution is -2.20. The van der Waals surface area contributed by atoms with Gasteiger partial charge in [-0.2, -0.15) is 0 Å². The van der Waals surface area contributed by atoms with Gasteiger partial charge in [-0.05, 0) is 35.9 Å². The van der Waals surface area contributed by atoms with Crippen LogP contribution in [0, 0.1) is 0 Å². The van der Waals surface area contributed by atoms with Crippen LogP contribution in [0.15, 0.2) is 60.7 Å². The summed E-state index contributed by atoms with van der Waals surface area (Å²) in [6.45, 7) is -0.407. The number of amides is 2. The van der Waals surface area contributed by atoms with Crippen LogP contribution >= 0.6 is 0 Å². The van der Waals surface area contributed by atoms with Crippen molar-refractivity contribution in [1.82, 2.24) is 0 Å². The van der Waals surface area contributed by atoms with E-state index in [-0.39, 0.29) is 0 Å². The second kappa shape index (κ2) is 8.28. The average molecular weight is 324 g/mol. The highest BCUT2D eigenvalue weighted by Crippen LogP contribution is 2.09. The molecule has 24 heavy (non-hydrogen) atoms. The summed E-state index contributed by atoms with van der Waals surface area (Å²) >= 11 is 0. The van der Waals surface area contributed by atoms with E-state index < -0.39 is 24.4 Å². The van der Waals surface area contributed by atoms with E-state index in [2.05, 4.69) is 5.32 Å². The molecule has 0 heterocycles. The summed E-state index contributed by atoms with van der Waals surface area (Å²) in [5, 5.41) is 2.54. The van der Waals surface area contributed by atoms with E-state index in [0.717, 1.165) is 5.56 Å². The van der Waals surface area contributed by atoms with Crippen LogP contribution in [0.2, 0.25) is 0 Å². The van der Waals surface area contributed by atoms with E-state index in [9.17, 15) is 14.4 Å². The van der Waals surface area contributed by atoms with Crippen molar-refractivity contribution in [2.45, 2.75) is 0 Å². The fraction of sp³-hybridized carbons (Fsp3) is 0.0556. The van der Waals surface area contributed by atoms with Crippen molar-refractivity contribution in [3.8, 4) is 0 Å². The first-order chi connectivity index (χ1) is 11.5. The molecule has 122 valence electrons. The number of esters is 1. The third kappa shape index (κ3) is 5.42. The molecular formula is C18H16N2O4. The summed E-state index contributed by atoms with van der Waals surface area (Å²) in [6.07, 6.45) is 2.85. The average Bonchev–Trinajstić information content (AvgIpc) is 2.59. The van der Waals surface area contributed by atoms with Gasteiger partial charge in [-0.15, -0.1) is 0 Å². The number of primary amides is 1. The molecule has 0 aliphatic rings. The van der Waals surface area contributed by atoms with Crippen LogP contribution in [-0.4, -0.2) is 24.4 Å². The molecule has 2 aromatic rings. The van der Waals surface area contributed by atoms with Crippen LogP contribution in [0.25, 0.3) is 6.08 Å². The Morgan fingerprint density at radius 3 is 2.29 bits per heavy atom. The molecule has 0 fully saturated rings. The number of rotatable bonds is 6. The molecule has 0 radical (unpaired) electrons. The van der Waals surface area contributed by atoms with Gasteiger partial charge in [0, 0.05) is 17.3 Å². The Hall–Kier alpha value is -3.41. The highest BCUT2D eigenvalue weighted by atomic mass is 16.5. The summed E-state index contributed by atoms with van der Waals surface area (Å²) in [5.41, 5.74) is 6.79. The Balaban J connectivity index is 1.79. The third-order valence-electron chi connectivity index (χ3n) is 3.01. The zero-order valence-corrected chi connectivity index (χ0v) is 12.8. The van der Waals surface area contributed by atoms with Crippen LogP contribution in [-0.2, 0) is 14.3 Å². The summed E-state index contributed by atoms with van der Waals surface area (Å²) in [4.78, 5) is 34.2. The number of nitrogens with one attached hydrogen (secondary N) is 1. The van der Waals surface area contributed by atoms with Gasteiger partial charge in [0.1, 0.15) is 0 Å². The second-order valence-electron chi connectivity index (χ2n) is 4.84. The predicted molar refractivity (Wildman–Crippen MR) is 90.0 cm³/mol. The highest BCUT2D eigenvalue weighted by Gasteiger charge is 2.06. The predicted octanol–water partition coefficient (Wildman–Crippen LogP) is 1.98. The maximum atomic E-state index is 11.7. The van der Waals surface area contributed by atoms with E-state index in [1.807, 2.05) is 30.3 Å². The molecule has 6 nitrogen and oxygen atoms in total. The van der Waals surface area contributed by atoms with Crippen LogP contribution in [0.1, 0.15) is 15.9 Å². The number of benzene rings is 2. The molecule has 0 aliphatic heterocycles. The smallest absolute Gasteiger partial charge is 0.331 e. The van der Waals surface area contributed by atoms with Crippen LogP contribution in [0.4, 0.5) is 5.69 Å². The SMILES string of the molecule is NC(=O)c1ccc(NC(=O)COC(=O)/C=C/c2ccccc2)cc1.